The first-order valence-corrected chi connectivity index (χ1v) is 13.9. The monoisotopic (exact) mass is 546 g/mol. The van der Waals surface area contributed by atoms with Crippen LogP contribution in [0.1, 0.15) is 97.3 Å². The van der Waals surface area contributed by atoms with Crippen LogP contribution in [0.25, 0.3) is 33.8 Å². The van der Waals surface area contributed by atoms with E-state index in [1.807, 2.05) is 37.8 Å². The van der Waals surface area contributed by atoms with Crippen molar-refractivity contribution in [2.24, 2.45) is 0 Å². The molecular formula is C29H38N8O3. The van der Waals surface area contributed by atoms with Crippen LogP contribution in [0, 0.1) is 0 Å². The third kappa shape index (κ3) is 5.97. The van der Waals surface area contributed by atoms with Gasteiger partial charge >= 0.3 is 5.97 Å². The van der Waals surface area contributed by atoms with Crippen LogP contribution in [-0.4, -0.2) is 46.4 Å². The van der Waals surface area contributed by atoms with Crippen LogP contribution in [0.4, 0.5) is 5.82 Å². The molecule has 4 heterocycles. The van der Waals surface area contributed by atoms with E-state index in [1.165, 1.54) is 6.33 Å². The van der Waals surface area contributed by atoms with Gasteiger partial charge in [0.05, 0.1) is 16.5 Å². The molecular weight excluding hydrogens is 508 g/mol. The van der Waals surface area contributed by atoms with E-state index in [1.54, 1.807) is 0 Å². The van der Waals surface area contributed by atoms with Crippen molar-refractivity contribution < 1.29 is 14.1 Å². The average Bonchev–Trinajstić information content (AvgIpc) is 3.48. The first-order chi connectivity index (χ1) is 18.9. The number of aryl methyl sites for hydroxylation is 1. The van der Waals surface area contributed by atoms with Gasteiger partial charge in [-0.1, -0.05) is 11.6 Å². The number of anilines is 1. The maximum atomic E-state index is 11.9. The number of hydrogen-bond acceptors (Lipinski definition) is 10. The van der Waals surface area contributed by atoms with Crippen LogP contribution < -0.4 is 5.73 Å². The topological polar surface area (TPSA) is 148 Å². The molecule has 1 fully saturated rings. The zero-order valence-corrected chi connectivity index (χ0v) is 24.2. The molecule has 0 atom stereocenters. The van der Waals surface area contributed by atoms with Crippen LogP contribution in [0.15, 0.2) is 23.2 Å². The van der Waals surface area contributed by atoms with E-state index in [0.717, 1.165) is 55.4 Å². The first kappa shape index (κ1) is 27.7. The van der Waals surface area contributed by atoms with Gasteiger partial charge < -0.3 is 15.0 Å². The molecule has 40 heavy (non-hydrogen) atoms. The second-order valence-corrected chi connectivity index (χ2v) is 12.5. The molecule has 1 saturated carbocycles. The fourth-order valence-corrected chi connectivity index (χ4v) is 4.69. The number of ether oxygens (including phenoxy) is 1. The van der Waals surface area contributed by atoms with Crippen molar-refractivity contribution in [3.63, 3.8) is 0 Å². The second-order valence-electron chi connectivity index (χ2n) is 12.5. The summed E-state index contributed by atoms with van der Waals surface area (Å²) in [6.07, 6.45) is 11.1. The van der Waals surface area contributed by atoms with Crippen molar-refractivity contribution in [2.45, 2.75) is 104 Å². The molecule has 2 N–H and O–H groups in total. The summed E-state index contributed by atoms with van der Waals surface area (Å²) in [4.78, 5) is 30.1. The molecule has 0 saturated heterocycles. The standard InChI is InChI=1S/C29H38N8O3/c1-28(2,3)37-27-21(25(30)33-16-34-27)22(35-37)23-20(24(40-36-23)18-12-13-18)26-31-14-17(15-32-26)10-8-7-9-11-19(38)39-29(4,5)6/h14-16,18H,7-13H2,1-6H3,(H2,30,33,34). The molecule has 0 unspecified atom stereocenters. The Labute approximate surface area is 233 Å². The molecule has 1 aliphatic carbocycles. The van der Waals surface area contributed by atoms with Gasteiger partial charge in [0.2, 0.25) is 0 Å². The minimum absolute atomic E-state index is 0.149. The maximum Gasteiger partial charge on any atom is 0.306 e. The third-order valence-corrected chi connectivity index (χ3v) is 6.72. The molecule has 212 valence electrons. The summed E-state index contributed by atoms with van der Waals surface area (Å²) in [5.41, 5.74) is 9.07. The Kier molecular flexibility index (Phi) is 7.32. The molecule has 5 rings (SSSR count). The summed E-state index contributed by atoms with van der Waals surface area (Å²) in [5.74, 6) is 1.79. The Bertz CT molecular complexity index is 1510. The van der Waals surface area contributed by atoms with E-state index in [-0.39, 0.29) is 17.4 Å². The molecule has 0 bridgehead atoms. The number of nitrogens with zero attached hydrogens (tertiary/aromatic N) is 7. The summed E-state index contributed by atoms with van der Waals surface area (Å²) in [7, 11) is 0. The normalized spacial score (nSPS) is 14.2. The van der Waals surface area contributed by atoms with Crippen LogP contribution in [0.3, 0.4) is 0 Å². The molecule has 4 aromatic rings. The van der Waals surface area contributed by atoms with Gasteiger partial charge in [-0.15, -0.1) is 0 Å². The lowest BCUT2D eigenvalue weighted by molar-refractivity contribution is -0.154. The lowest BCUT2D eigenvalue weighted by Crippen LogP contribution is -2.23. The molecule has 0 amide bonds. The predicted molar refractivity (Wildman–Crippen MR) is 151 cm³/mol. The minimum Gasteiger partial charge on any atom is -0.460 e. The van der Waals surface area contributed by atoms with Gasteiger partial charge in [0.25, 0.3) is 0 Å². The van der Waals surface area contributed by atoms with Crippen LogP contribution in [-0.2, 0) is 21.5 Å². The third-order valence-electron chi connectivity index (χ3n) is 6.72. The number of rotatable bonds is 9. The average molecular weight is 547 g/mol. The highest BCUT2D eigenvalue weighted by atomic mass is 16.6. The predicted octanol–water partition coefficient (Wildman–Crippen LogP) is 5.60. The van der Waals surface area contributed by atoms with Gasteiger partial charge in [-0.2, -0.15) is 5.10 Å². The summed E-state index contributed by atoms with van der Waals surface area (Å²) in [6.45, 7) is 11.8. The quantitative estimate of drug-likeness (QED) is 0.208. The minimum atomic E-state index is -0.444. The number of fused-ring (bicyclic) bond motifs is 1. The van der Waals surface area contributed by atoms with E-state index in [2.05, 4.69) is 35.9 Å². The molecule has 0 aliphatic heterocycles. The van der Waals surface area contributed by atoms with E-state index < -0.39 is 5.60 Å². The van der Waals surface area contributed by atoms with Crippen molar-refractivity contribution in [3.05, 3.63) is 30.0 Å². The number of nitrogen functional groups attached to an aromatic ring is 1. The lowest BCUT2D eigenvalue weighted by Gasteiger charge is -2.19. The Hall–Kier alpha value is -3.89. The van der Waals surface area contributed by atoms with Crippen LogP contribution in [0.5, 0.6) is 0 Å². The smallest absolute Gasteiger partial charge is 0.306 e. The van der Waals surface area contributed by atoms with Gasteiger partial charge in [0.1, 0.15) is 29.1 Å². The van der Waals surface area contributed by atoms with E-state index in [0.29, 0.717) is 40.5 Å². The zero-order valence-electron chi connectivity index (χ0n) is 24.2. The van der Waals surface area contributed by atoms with Crippen molar-refractivity contribution in [3.8, 4) is 22.8 Å². The number of carbonyl (C=O) groups is 1. The Balaban J connectivity index is 1.37. The number of nitrogens with two attached hydrogens (primary N) is 1. The maximum absolute atomic E-state index is 11.9. The summed E-state index contributed by atoms with van der Waals surface area (Å²) >= 11 is 0. The van der Waals surface area contributed by atoms with E-state index in [4.69, 9.17) is 30.1 Å². The number of esters is 1. The highest BCUT2D eigenvalue weighted by Gasteiger charge is 2.36. The van der Waals surface area contributed by atoms with Crippen molar-refractivity contribution >= 4 is 22.8 Å². The highest BCUT2D eigenvalue weighted by Crippen LogP contribution is 2.47. The van der Waals surface area contributed by atoms with Crippen LogP contribution >= 0.6 is 0 Å². The van der Waals surface area contributed by atoms with Gasteiger partial charge in [-0.25, -0.2) is 24.6 Å². The summed E-state index contributed by atoms with van der Waals surface area (Å²) in [5, 5.41) is 10.00. The molecule has 11 heteroatoms. The Morgan fingerprint density at radius 2 is 1.75 bits per heavy atom. The summed E-state index contributed by atoms with van der Waals surface area (Å²) in [6, 6.07) is 0. The van der Waals surface area contributed by atoms with E-state index >= 15 is 0 Å². The number of hydrogen-bond donors (Lipinski definition) is 1. The van der Waals surface area contributed by atoms with Gasteiger partial charge in [-0.05, 0) is 79.2 Å². The van der Waals surface area contributed by atoms with Gasteiger partial charge in [0.15, 0.2) is 17.2 Å². The zero-order chi connectivity index (χ0) is 28.7. The Morgan fingerprint density at radius 1 is 1.02 bits per heavy atom. The van der Waals surface area contributed by atoms with Gasteiger partial charge in [-0.3, -0.25) is 4.79 Å². The van der Waals surface area contributed by atoms with Crippen molar-refractivity contribution in [1.29, 1.82) is 0 Å². The van der Waals surface area contributed by atoms with Crippen molar-refractivity contribution in [2.75, 3.05) is 5.73 Å². The first-order valence-electron chi connectivity index (χ1n) is 13.9. The number of unbranched alkanes of at least 4 members (excludes halogenated alkanes) is 2. The van der Waals surface area contributed by atoms with E-state index in [9.17, 15) is 4.79 Å². The molecule has 0 radical (unpaired) electrons. The molecule has 11 nitrogen and oxygen atoms in total. The van der Waals surface area contributed by atoms with Crippen LogP contribution in [0.2, 0.25) is 0 Å². The summed E-state index contributed by atoms with van der Waals surface area (Å²) < 4.78 is 13.1. The molecule has 0 spiro atoms. The SMILES string of the molecule is CC(C)(C)OC(=O)CCCCCc1cnc(-c2c(-c3nn(C(C)(C)C)c4ncnc(N)c34)noc2C2CC2)nc1. The fourth-order valence-electron chi connectivity index (χ4n) is 4.69. The molecule has 0 aromatic carbocycles. The number of aromatic nitrogens is 7. The highest BCUT2D eigenvalue weighted by molar-refractivity contribution is 6.00. The molecule has 1 aliphatic rings. The number of carbonyl (C=O) groups excluding carboxylic acids is 1. The molecule has 4 aromatic heterocycles. The second kappa shape index (κ2) is 10.6. The lowest BCUT2D eigenvalue weighted by atomic mass is 10.1. The largest absolute Gasteiger partial charge is 0.460 e. The van der Waals surface area contributed by atoms with Crippen molar-refractivity contribution in [1.82, 2.24) is 34.9 Å². The fraction of sp³-hybridized carbons (Fsp3) is 0.552. The van der Waals surface area contributed by atoms with Gasteiger partial charge in [0, 0.05) is 24.7 Å². The Morgan fingerprint density at radius 3 is 2.40 bits per heavy atom.